The number of aryl methyl sites for hydroxylation is 3. The van der Waals surface area contributed by atoms with Crippen LogP contribution in [0.2, 0.25) is 0 Å². The van der Waals surface area contributed by atoms with Gasteiger partial charge in [0.2, 0.25) is 0 Å². The lowest BCUT2D eigenvalue weighted by molar-refractivity contribution is 0.410. The van der Waals surface area contributed by atoms with Crippen LogP contribution in [-0.4, -0.2) is 21.3 Å². The lowest BCUT2D eigenvalue weighted by atomic mass is 9.92. The van der Waals surface area contributed by atoms with Gasteiger partial charge in [0, 0.05) is 16.7 Å². The number of ether oxygens (including phenoxy) is 3. The van der Waals surface area contributed by atoms with Crippen molar-refractivity contribution in [2.75, 3.05) is 21.3 Å². The van der Waals surface area contributed by atoms with E-state index in [1.807, 2.05) is 6.07 Å². The smallest absolute Gasteiger partial charge is 0.127 e. The number of rotatable bonds is 5. The molecule has 0 aromatic heterocycles. The third-order valence-electron chi connectivity index (χ3n) is 4.84. The van der Waals surface area contributed by atoms with Crippen LogP contribution in [0.5, 0.6) is 17.2 Å². The Morgan fingerprint density at radius 2 is 0.926 bits per heavy atom. The van der Waals surface area contributed by atoms with E-state index in [1.54, 1.807) is 21.3 Å². The summed E-state index contributed by atoms with van der Waals surface area (Å²) in [5.41, 5.74) is 7.64. The molecule has 27 heavy (non-hydrogen) atoms. The first-order valence-corrected chi connectivity index (χ1v) is 8.97. The van der Waals surface area contributed by atoms with Crippen molar-refractivity contribution < 1.29 is 14.2 Å². The lowest BCUT2D eigenvalue weighted by Crippen LogP contribution is -1.96. The van der Waals surface area contributed by atoms with E-state index in [2.05, 4.69) is 63.2 Å². The van der Waals surface area contributed by atoms with E-state index in [-0.39, 0.29) is 0 Å². The quantitative estimate of drug-likeness (QED) is 0.559. The van der Waals surface area contributed by atoms with E-state index in [0.717, 1.165) is 50.6 Å². The summed E-state index contributed by atoms with van der Waals surface area (Å²) in [5.74, 6) is 2.52. The molecule has 3 nitrogen and oxygen atoms in total. The summed E-state index contributed by atoms with van der Waals surface area (Å²) in [4.78, 5) is 0. The number of benzene rings is 3. The molecule has 3 aromatic rings. The Labute approximate surface area is 161 Å². The fourth-order valence-electron chi connectivity index (χ4n) is 3.39. The average molecular weight is 362 g/mol. The molecule has 3 aromatic carbocycles. The largest absolute Gasteiger partial charge is 0.496 e. The Morgan fingerprint density at radius 1 is 0.481 bits per heavy atom. The zero-order valence-corrected chi connectivity index (χ0v) is 16.8. The fraction of sp³-hybridized carbons (Fsp3) is 0.250. The predicted molar refractivity (Wildman–Crippen MR) is 111 cm³/mol. The van der Waals surface area contributed by atoms with Gasteiger partial charge in [0.05, 0.1) is 21.3 Å². The molecule has 0 aliphatic heterocycles. The SMILES string of the molecule is COc1cc(C)ccc1-c1cc(-c2ccc(C)cc2OC)c(OC)cc1C. The second-order valence-corrected chi connectivity index (χ2v) is 6.77. The summed E-state index contributed by atoms with van der Waals surface area (Å²) in [7, 11) is 5.11. The molecule has 0 N–H and O–H groups in total. The molecule has 0 aliphatic rings. The maximum absolute atomic E-state index is 5.69. The first kappa shape index (κ1) is 18.8. The van der Waals surface area contributed by atoms with Gasteiger partial charge in [-0.25, -0.2) is 0 Å². The van der Waals surface area contributed by atoms with E-state index >= 15 is 0 Å². The highest BCUT2D eigenvalue weighted by Gasteiger charge is 2.17. The van der Waals surface area contributed by atoms with Crippen molar-refractivity contribution in [2.24, 2.45) is 0 Å². The molecular formula is C24H26O3. The van der Waals surface area contributed by atoms with Crippen LogP contribution in [0.4, 0.5) is 0 Å². The molecule has 0 radical (unpaired) electrons. The van der Waals surface area contributed by atoms with Crippen molar-refractivity contribution in [1.29, 1.82) is 0 Å². The normalized spacial score (nSPS) is 10.6. The van der Waals surface area contributed by atoms with E-state index in [1.165, 1.54) is 5.56 Å². The molecule has 0 aliphatic carbocycles. The van der Waals surface area contributed by atoms with Crippen LogP contribution in [0.1, 0.15) is 16.7 Å². The van der Waals surface area contributed by atoms with Crippen LogP contribution in [0, 0.1) is 20.8 Å². The van der Waals surface area contributed by atoms with E-state index in [0.29, 0.717) is 0 Å². The topological polar surface area (TPSA) is 27.7 Å². The van der Waals surface area contributed by atoms with Crippen molar-refractivity contribution >= 4 is 0 Å². The Hall–Kier alpha value is -2.94. The number of hydrogen-bond acceptors (Lipinski definition) is 3. The number of hydrogen-bond donors (Lipinski definition) is 0. The fourth-order valence-corrected chi connectivity index (χ4v) is 3.39. The molecule has 3 rings (SSSR count). The van der Waals surface area contributed by atoms with Crippen LogP contribution in [-0.2, 0) is 0 Å². The summed E-state index contributed by atoms with van der Waals surface area (Å²) in [5, 5.41) is 0. The van der Waals surface area contributed by atoms with E-state index in [9.17, 15) is 0 Å². The minimum Gasteiger partial charge on any atom is -0.496 e. The Balaban J connectivity index is 2.27. The van der Waals surface area contributed by atoms with Gasteiger partial charge in [-0.05, 0) is 67.3 Å². The van der Waals surface area contributed by atoms with Gasteiger partial charge in [0.15, 0.2) is 0 Å². The van der Waals surface area contributed by atoms with Gasteiger partial charge in [0.1, 0.15) is 17.2 Å². The maximum atomic E-state index is 5.69. The van der Waals surface area contributed by atoms with Gasteiger partial charge in [-0.3, -0.25) is 0 Å². The Morgan fingerprint density at radius 3 is 1.41 bits per heavy atom. The third kappa shape index (κ3) is 3.63. The van der Waals surface area contributed by atoms with Crippen molar-refractivity contribution in [1.82, 2.24) is 0 Å². The van der Waals surface area contributed by atoms with Crippen molar-refractivity contribution in [3.63, 3.8) is 0 Å². The predicted octanol–water partition coefficient (Wildman–Crippen LogP) is 5.97. The van der Waals surface area contributed by atoms with Crippen LogP contribution < -0.4 is 14.2 Å². The zero-order valence-electron chi connectivity index (χ0n) is 16.8. The monoisotopic (exact) mass is 362 g/mol. The Kier molecular flexibility index (Phi) is 5.41. The first-order chi connectivity index (χ1) is 13.0. The molecule has 0 bridgehead atoms. The van der Waals surface area contributed by atoms with Gasteiger partial charge in [0.25, 0.3) is 0 Å². The van der Waals surface area contributed by atoms with Crippen molar-refractivity contribution in [2.45, 2.75) is 20.8 Å². The summed E-state index contributed by atoms with van der Waals surface area (Å²) >= 11 is 0. The Bertz CT molecular complexity index is 974. The minimum absolute atomic E-state index is 0.824. The summed E-state index contributed by atoms with van der Waals surface area (Å²) in [6, 6.07) is 16.7. The van der Waals surface area contributed by atoms with Gasteiger partial charge in [-0.2, -0.15) is 0 Å². The second kappa shape index (κ2) is 7.75. The standard InChI is InChI=1S/C24H26O3/c1-15-7-9-18(22(11-15)25-4)20-14-21(24(27-6)13-17(20)3)19-10-8-16(2)12-23(19)26-5/h7-14H,1-6H3. The molecular weight excluding hydrogens is 336 g/mol. The zero-order chi connectivity index (χ0) is 19.6. The molecule has 3 heteroatoms. The van der Waals surface area contributed by atoms with Crippen LogP contribution in [0.3, 0.4) is 0 Å². The van der Waals surface area contributed by atoms with E-state index < -0.39 is 0 Å². The molecule has 0 saturated heterocycles. The summed E-state index contributed by atoms with van der Waals surface area (Å²) in [6.07, 6.45) is 0. The van der Waals surface area contributed by atoms with Crippen LogP contribution >= 0.6 is 0 Å². The molecule has 0 atom stereocenters. The molecule has 0 saturated carbocycles. The summed E-state index contributed by atoms with van der Waals surface area (Å²) in [6.45, 7) is 6.21. The van der Waals surface area contributed by atoms with Crippen LogP contribution in [0.25, 0.3) is 22.3 Å². The molecule has 140 valence electrons. The lowest BCUT2D eigenvalue weighted by Gasteiger charge is -2.18. The average Bonchev–Trinajstić information content (AvgIpc) is 2.68. The van der Waals surface area contributed by atoms with Gasteiger partial charge in [-0.15, -0.1) is 0 Å². The molecule has 0 amide bonds. The minimum atomic E-state index is 0.824. The van der Waals surface area contributed by atoms with Gasteiger partial charge < -0.3 is 14.2 Å². The van der Waals surface area contributed by atoms with Crippen molar-refractivity contribution in [3.8, 4) is 39.5 Å². The summed E-state index contributed by atoms with van der Waals surface area (Å²) < 4.78 is 17.0. The molecule has 0 unspecified atom stereocenters. The molecule has 0 heterocycles. The first-order valence-electron chi connectivity index (χ1n) is 8.97. The van der Waals surface area contributed by atoms with Crippen LogP contribution in [0.15, 0.2) is 48.5 Å². The third-order valence-corrected chi connectivity index (χ3v) is 4.84. The second-order valence-electron chi connectivity index (χ2n) is 6.77. The maximum Gasteiger partial charge on any atom is 0.127 e. The highest BCUT2D eigenvalue weighted by atomic mass is 16.5. The molecule has 0 spiro atoms. The van der Waals surface area contributed by atoms with E-state index in [4.69, 9.17) is 14.2 Å². The van der Waals surface area contributed by atoms with Gasteiger partial charge >= 0.3 is 0 Å². The number of methoxy groups -OCH3 is 3. The highest BCUT2D eigenvalue weighted by Crippen LogP contribution is 2.42. The van der Waals surface area contributed by atoms with Crippen molar-refractivity contribution in [3.05, 3.63) is 65.2 Å². The highest BCUT2D eigenvalue weighted by molar-refractivity contribution is 5.84. The molecule has 0 fully saturated rings. The van der Waals surface area contributed by atoms with Gasteiger partial charge in [-0.1, -0.05) is 24.3 Å².